The molecule has 0 aromatic heterocycles. The minimum Gasteiger partial charge on any atom is -0.360 e. The number of hydrogen-bond donors (Lipinski definition) is 1. The molecule has 2 heteroatoms. The Hall–Kier alpha value is -0.760. The van der Waals surface area contributed by atoms with E-state index < -0.39 is 0 Å². The van der Waals surface area contributed by atoms with E-state index in [0.29, 0.717) is 0 Å². The Balaban J connectivity index is 2.23. The fraction of sp³-hybridized carbons (Fsp3) is 0.429. The van der Waals surface area contributed by atoms with Crippen molar-refractivity contribution in [3.8, 4) is 0 Å². The van der Waals surface area contributed by atoms with Crippen molar-refractivity contribution in [2.24, 2.45) is 0 Å². The lowest BCUT2D eigenvalue weighted by atomic mass is 10.1. The average molecular weight is 123 g/mol. The lowest BCUT2D eigenvalue weighted by molar-refractivity contribution is -0.00140. The fourth-order valence-corrected chi connectivity index (χ4v) is 1.02. The Labute approximate surface area is 54.2 Å². The number of hydrogen-bond acceptors (Lipinski definition) is 2. The minimum atomic E-state index is 0.204. The van der Waals surface area contributed by atoms with Crippen molar-refractivity contribution in [3.63, 3.8) is 0 Å². The number of ether oxygens (including phenoxy) is 1. The van der Waals surface area contributed by atoms with Gasteiger partial charge in [-0.1, -0.05) is 6.08 Å². The normalized spacial score (nSPS) is 31.0. The molecule has 2 heterocycles. The molecule has 0 saturated carbocycles. The topological polar surface area (TPSA) is 21.3 Å². The van der Waals surface area contributed by atoms with Crippen LogP contribution in [0.5, 0.6) is 0 Å². The smallest absolute Gasteiger partial charge is 0.152 e. The van der Waals surface area contributed by atoms with Crippen LogP contribution in [0.2, 0.25) is 0 Å². The molecule has 0 aliphatic carbocycles. The second-order valence-electron chi connectivity index (χ2n) is 2.43. The summed E-state index contributed by atoms with van der Waals surface area (Å²) in [7, 11) is 0. The zero-order valence-electron chi connectivity index (χ0n) is 5.35. The van der Waals surface area contributed by atoms with Crippen LogP contribution in [0.3, 0.4) is 0 Å². The number of allylic oxidation sites excluding steroid dienone is 3. The van der Waals surface area contributed by atoms with E-state index in [-0.39, 0.29) is 6.23 Å². The predicted octanol–water partition coefficient (Wildman–Crippen LogP) is 0.776. The number of dihydropyridines is 1. The molecule has 2 aliphatic heterocycles. The van der Waals surface area contributed by atoms with Gasteiger partial charge in [0.05, 0.1) is 6.61 Å². The zero-order chi connectivity index (χ0) is 6.27. The molecule has 0 radical (unpaired) electrons. The predicted molar refractivity (Wildman–Crippen MR) is 34.7 cm³/mol. The maximum Gasteiger partial charge on any atom is 0.152 e. The maximum atomic E-state index is 5.18. The van der Waals surface area contributed by atoms with Gasteiger partial charge in [-0.25, -0.2) is 0 Å². The second-order valence-corrected chi connectivity index (χ2v) is 2.43. The summed E-state index contributed by atoms with van der Waals surface area (Å²) in [5.74, 6) is 0. The Kier molecular flexibility index (Phi) is 0.904. The lowest BCUT2D eigenvalue weighted by Gasteiger charge is -2.34. The molecule has 1 fully saturated rings. The van der Waals surface area contributed by atoms with E-state index >= 15 is 0 Å². The molecule has 2 nitrogen and oxygen atoms in total. The van der Waals surface area contributed by atoms with Gasteiger partial charge >= 0.3 is 0 Å². The monoisotopic (exact) mass is 123 g/mol. The van der Waals surface area contributed by atoms with Crippen molar-refractivity contribution in [2.75, 3.05) is 6.61 Å². The number of fused-ring (bicyclic) bond motifs is 1. The first kappa shape index (κ1) is 5.06. The summed E-state index contributed by atoms with van der Waals surface area (Å²) in [4.78, 5) is 0. The van der Waals surface area contributed by atoms with Crippen LogP contribution in [0.4, 0.5) is 0 Å². The Bertz CT molecular complexity index is 193. The summed E-state index contributed by atoms with van der Waals surface area (Å²) >= 11 is 0. The van der Waals surface area contributed by atoms with E-state index in [9.17, 15) is 0 Å². The zero-order valence-corrected chi connectivity index (χ0v) is 5.35. The highest BCUT2D eigenvalue weighted by Gasteiger charge is 2.25. The van der Waals surface area contributed by atoms with E-state index in [1.807, 2.05) is 6.92 Å². The van der Waals surface area contributed by atoms with Crippen LogP contribution in [0.25, 0.3) is 0 Å². The number of nitrogens with one attached hydrogen (secondary N) is 1. The van der Waals surface area contributed by atoms with Gasteiger partial charge in [0, 0.05) is 11.3 Å². The van der Waals surface area contributed by atoms with Gasteiger partial charge in [0.2, 0.25) is 0 Å². The van der Waals surface area contributed by atoms with Crippen LogP contribution >= 0.6 is 0 Å². The van der Waals surface area contributed by atoms with E-state index in [1.165, 1.54) is 11.3 Å². The second kappa shape index (κ2) is 1.61. The van der Waals surface area contributed by atoms with E-state index in [2.05, 4.69) is 17.5 Å². The van der Waals surface area contributed by atoms with Crippen molar-refractivity contribution >= 4 is 0 Å². The van der Waals surface area contributed by atoms with Gasteiger partial charge in [-0.3, -0.25) is 0 Å². The summed E-state index contributed by atoms with van der Waals surface area (Å²) in [5, 5.41) is 3.19. The summed E-state index contributed by atoms with van der Waals surface area (Å²) in [6.45, 7) is 2.84. The van der Waals surface area contributed by atoms with Crippen molar-refractivity contribution in [2.45, 2.75) is 13.2 Å². The fourth-order valence-electron chi connectivity index (χ4n) is 1.02. The van der Waals surface area contributed by atoms with Crippen molar-refractivity contribution in [3.05, 3.63) is 23.4 Å². The molecular weight excluding hydrogens is 114 g/mol. The third-order valence-corrected chi connectivity index (χ3v) is 1.66. The maximum absolute atomic E-state index is 5.18. The number of rotatable bonds is 0. The molecule has 1 N–H and O–H groups in total. The summed E-state index contributed by atoms with van der Waals surface area (Å²) in [5.41, 5.74) is 2.55. The average Bonchev–Trinajstić information content (AvgIpc) is 1.78. The molecule has 0 aromatic carbocycles. The van der Waals surface area contributed by atoms with Crippen LogP contribution in [-0.4, -0.2) is 12.8 Å². The van der Waals surface area contributed by atoms with Crippen molar-refractivity contribution in [1.82, 2.24) is 5.32 Å². The summed E-state index contributed by atoms with van der Waals surface area (Å²) < 4.78 is 5.18. The van der Waals surface area contributed by atoms with Crippen molar-refractivity contribution in [1.29, 1.82) is 0 Å². The highest BCUT2D eigenvalue weighted by atomic mass is 16.5. The Morgan fingerprint density at radius 2 is 2.56 bits per heavy atom. The van der Waals surface area contributed by atoms with E-state index in [4.69, 9.17) is 4.74 Å². The first-order valence-electron chi connectivity index (χ1n) is 3.12. The molecule has 0 bridgehead atoms. The molecule has 1 saturated heterocycles. The highest BCUT2D eigenvalue weighted by Crippen LogP contribution is 2.21. The van der Waals surface area contributed by atoms with Gasteiger partial charge in [-0.05, 0) is 13.0 Å². The van der Waals surface area contributed by atoms with E-state index in [0.717, 1.165) is 6.61 Å². The van der Waals surface area contributed by atoms with Crippen LogP contribution in [0, 0.1) is 0 Å². The molecule has 0 amide bonds. The highest BCUT2D eigenvalue weighted by molar-refractivity contribution is 5.28. The van der Waals surface area contributed by atoms with Gasteiger partial charge in [0.25, 0.3) is 0 Å². The molecule has 48 valence electrons. The summed E-state index contributed by atoms with van der Waals surface area (Å²) in [6.07, 6.45) is 4.41. The minimum absolute atomic E-state index is 0.204. The molecular formula is C7H9NO. The Morgan fingerprint density at radius 3 is 3.00 bits per heavy atom. The van der Waals surface area contributed by atoms with Crippen molar-refractivity contribution < 1.29 is 4.74 Å². The first-order valence-corrected chi connectivity index (χ1v) is 3.12. The quantitative estimate of drug-likeness (QED) is 0.514. The molecule has 0 spiro atoms. The molecule has 2 rings (SSSR count). The third kappa shape index (κ3) is 0.669. The van der Waals surface area contributed by atoms with Crippen LogP contribution in [0.1, 0.15) is 6.92 Å². The Morgan fingerprint density at radius 1 is 1.67 bits per heavy atom. The molecule has 9 heavy (non-hydrogen) atoms. The SMILES string of the molecule is CC1=CC=C2COC2N1. The van der Waals surface area contributed by atoms with Crippen LogP contribution < -0.4 is 5.32 Å². The van der Waals surface area contributed by atoms with Gasteiger partial charge < -0.3 is 10.1 Å². The molecule has 2 aliphatic rings. The van der Waals surface area contributed by atoms with E-state index in [1.54, 1.807) is 0 Å². The largest absolute Gasteiger partial charge is 0.360 e. The molecule has 1 unspecified atom stereocenters. The summed E-state index contributed by atoms with van der Waals surface area (Å²) in [6, 6.07) is 0. The van der Waals surface area contributed by atoms with Gasteiger partial charge in [0.15, 0.2) is 6.23 Å². The van der Waals surface area contributed by atoms with Gasteiger partial charge in [-0.2, -0.15) is 0 Å². The molecule has 0 aromatic rings. The van der Waals surface area contributed by atoms with Gasteiger partial charge in [0.1, 0.15) is 0 Å². The third-order valence-electron chi connectivity index (χ3n) is 1.66. The lowest BCUT2D eigenvalue weighted by Crippen LogP contribution is -2.44. The van der Waals surface area contributed by atoms with Crippen LogP contribution in [0.15, 0.2) is 23.4 Å². The first-order chi connectivity index (χ1) is 4.36. The van der Waals surface area contributed by atoms with Gasteiger partial charge in [-0.15, -0.1) is 0 Å². The van der Waals surface area contributed by atoms with Crippen LogP contribution in [-0.2, 0) is 4.74 Å². The molecule has 1 atom stereocenters. The standard InChI is InChI=1S/C7H9NO/c1-5-2-3-6-4-9-7(6)8-5/h2-3,7-8H,4H2,1H3.